The Kier molecular flexibility index (Phi) is 7.23. The molecule has 7 nitrogen and oxygen atoms in total. The minimum absolute atomic E-state index is 0.00765. The zero-order valence-electron chi connectivity index (χ0n) is 18.1. The van der Waals surface area contributed by atoms with Crippen LogP contribution >= 0.6 is 0 Å². The smallest absolute Gasteiger partial charge is 0.265 e. The molecule has 1 fully saturated rings. The molecule has 0 aromatic heterocycles. The maximum absolute atomic E-state index is 13.1. The van der Waals surface area contributed by atoms with Gasteiger partial charge in [-0.05, 0) is 61.4 Å². The summed E-state index contributed by atoms with van der Waals surface area (Å²) in [5.74, 6) is -0.257. The molecule has 1 aliphatic rings. The largest absolute Gasteiger partial charge is 0.492 e. The summed E-state index contributed by atoms with van der Waals surface area (Å²) in [6.07, 6.45) is 2.26. The molecule has 0 bridgehead atoms. The van der Waals surface area contributed by atoms with Crippen molar-refractivity contribution in [3.05, 3.63) is 48.0 Å². The third-order valence-electron chi connectivity index (χ3n) is 5.33. The van der Waals surface area contributed by atoms with Gasteiger partial charge in [0.25, 0.3) is 10.0 Å². The summed E-state index contributed by atoms with van der Waals surface area (Å²) < 4.78 is 34.3. The van der Waals surface area contributed by atoms with Crippen molar-refractivity contribution in [3.63, 3.8) is 0 Å². The van der Waals surface area contributed by atoms with E-state index in [-0.39, 0.29) is 35.7 Å². The number of aliphatic hydroxyl groups excluding tert-OH is 1. The normalized spacial score (nSPS) is 14.9. The summed E-state index contributed by atoms with van der Waals surface area (Å²) >= 11 is 0. The third-order valence-corrected chi connectivity index (χ3v) is 6.75. The van der Waals surface area contributed by atoms with Gasteiger partial charge in [0.05, 0.1) is 19.1 Å². The van der Waals surface area contributed by atoms with Crippen molar-refractivity contribution in [2.24, 2.45) is 11.8 Å². The summed E-state index contributed by atoms with van der Waals surface area (Å²) in [5.41, 5.74) is 2.04. The molecule has 0 aliphatic heterocycles. The highest BCUT2D eigenvalue weighted by Gasteiger charge is 2.26. The average molecular weight is 447 g/mol. The summed E-state index contributed by atoms with van der Waals surface area (Å²) in [4.78, 5) is 12.4. The van der Waals surface area contributed by atoms with Crippen LogP contribution in [0, 0.1) is 11.8 Å². The molecule has 0 heterocycles. The lowest BCUT2D eigenvalue weighted by Crippen LogP contribution is -2.29. The Hall–Kier alpha value is -2.58. The van der Waals surface area contributed by atoms with E-state index < -0.39 is 15.9 Å². The standard InChI is InChI=1S/C23H30N2O5S/c1-4-30-21-13-18(24-23(27)20(14-26)15(2)3)10-11-22(21)31(28,29)25-19-7-5-6-17(12-19)16-8-9-16/h5-7,10-13,15-16,20,25-26H,4,8-9,14H2,1-3H3,(H,24,27). The Bertz CT molecular complexity index is 1030. The second kappa shape index (κ2) is 9.70. The summed E-state index contributed by atoms with van der Waals surface area (Å²) in [6.45, 7) is 5.46. The van der Waals surface area contributed by atoms with Gasteiger partial charge in [-0.15, -0.1) is 0 Å². The Labute approximate surface area is 183 Å². The fourth-order valence-electron chi connectivity index (χ4n) is 3.39. The molecule has 3 N–H and O–H groups in total. The molecule has 3 rings (SSSR count). The Morgan fingerprint density at radius 3 is 2.52 bits per heavy atom. The molecule has 1 amide bonds. The van der Waals surface area contributed by atoms with Gasteiger partial charge in [0, 0.05) is 17.4 Å². The topological polar surface area (TPSA) is 105 Å². The SMILES string of the molecule is CCOc1cc(NC(=O)C(CO)C(C)C)ccc1S(=O)(=O)Nc1cccc(C2CC2)c1. The quantitative estimate of drug-likeness (QED) is 0.512. The minimum Gasteiger partial charge on any atom is -0.492 e. The van der Waals surface area contributed by atoms with Crippen LogP contribution in [0.15, 0.2) is 47.4 Å². The van der Waals surface area contributed by atoms with Crippen molar-refractivity contribution >= 4 is 27.3 Å². The lowest BCUT2D eigenvalue weighted by atomic mass is 9.96. The van der Waals surface area contributed by atoms with Gasteiger partial charge in [0.1, 0.15) is 10.6 Å². The third kappa shape index (κ3) is 5.77. The lowest BCUT2D eigenvalue weighted by molar-refractivity contribution is -0.122. The minimum atomic E-state index is -3.90. The van der Waals surface area contributed by atoms with Crippen LogP contribution in [0.2, 0.25) is 0 Å². The van der Waals surface area contributed by atoms with E-state index in [1.807, 2.05) is 32.0 Å². The fourth-order valence-corrected chi connectivity index (χ4v) is 4.57. The number of anilines is 2. The number of ether oxygens (including phenoxy) is 1. The molecule has 1 atom stereocenters. The average Bonchev–Trinajstić information content (AvgIpc) is 3.53. The van der Waals surface area contributed by atoms with E-state index in [9.17, 15) is 18.3 Å². The molecule has 0 saturated heterocycles. The summed E-state index contributed by atoms with van der Waals surface area (Å²) in [6, 6.07) is 11.9. The number of benzene rings is 2. The highest BCUT2D eigenvalue weighted by Crippen LogP contribution is 2.41. The first-order valence-electron chi connectivity index (χ1n) is 10.6. The number of carbonyl (C=O) groups is 1. The van der Waals surface area contributed by atoms with E-state index in [2.05, 4.69) is 10.0 Å². The monoisotopic (exact) mass is 446 g/mol. The van der Waals surface area contributed by atoms with Gasteiger partial charge in [-0.25, -0.2) is 8.42 Å². The van der Waals surface area contributed by atoms with E-state index >= 15 is 0 Å². The van der Waals surface area contributed by atoms with Crippen LogP contribution in [0.5, 0.6) is 5.75 Å². The van der Waals surface area contributed by atoms with Gasteiger partial charge in [0.2, 0.25) is 5.91 Å². The number of rotatable bonds is 10. The molecule has 8 heteroatoms. The van der Waals surface area contributed by atoms with E-state index in [0.29, 0.717) is 17.3 Å². The lowest BCUT2D eigenvalue weighted by Gasteiger charge is -2.19. The van der Waals surface area contributed by atoms with Crippen LogP contribution in [-0.2, 0) is 14.8 Å². The highest BCUT2D eigenvalue weighted by molar-refractivity contribution is 7.92. The van der Waals surface area contributed by atoms with Crippen LogP contribution < -0.4 is 14.8 Å². The van der Waals surface area contributed by atoms with Gasteiger partial charge >= 0.3 is 0 Å². The van der Waals surface area contributed by atoms with Crippen molar-refractivity contribution in [1.29, 1.82) is 0 Å². The van der Waals surface area contributed by atoms with Crippen molar-refractivity contribution in [2.75, 3.05) is 23.3 Å². The molecular weight excluding hydrogens is 416 g/mol. The molecular formula is C23H30N2O5S. The molecule has 0 spiro atoms. The molecule has 31 heavy (non-hydrogen) atoms. The number of carbonyl (C=O) groups excluding carboxylic acids is 1. The molecule has 2 aromatic carbocycles. The Morgan fingerprint density at radius 2 is 1.90 bits per heavy atom. The molecule has 1 unspecified atom stereocenters. The first-order chi connectivity index (χ1) is 14.7. The molecule has 2 aromatic rings. The van der Waals surface area contributed by atoms with Crippen LogP contribution in [0.3, 0.4) is 0 Å². The molecule has 168 valence electrons. The van der Waals surface area contributed by atoms with E-state index in [0.717, 1.165) is 18.4 Å². The van der Waals surface area contributed by atoms with Crippen molar-refractivity contribution in [2.45, 2.75) is 44.4 Å². The van der Waals surface area contributed by atoms with E-state index in [1.54, 1.807) is 13.0 Å². The van der Waals surface area contributed by atoms with Crippen LogP contribution in [0.25, 0.3) is 0 Å². The van der Waals surface area contributed by atoms with Crippen molar-refractivity contribution < 1.29 is 23.1 Å². The Balaban J connectivity index is 1.84. The number of amides is 1. The van der Waals surface area contributed by atoms with Gasteiger partial charge in [0.15, 0.2) is 0 Å². The number of nitrogens with one attached hydrogen (secondary N) is 2. The molecule has 1 saturated carbocycles. The van der Waals surface area contributed by atoms with Crippen LogP contribution in [0.4, 0.5) is 11.4 Å². The highest BCUT2D eigenvalue weighted by atomic mass is 32.2. The van der Waals surface area contributed by atoms with Gasteiger partial charge in [-0.2, -0.15) is 0 Å². The first-order valence-corrected chi connectivity index (χ1v) is 12.0. The number of hydrogen-bond acceptors (Lipinski definition) is 5. The van der Waals surface area contributed by atoms with Crippen LogP contribution in [-0.4, -0.2) is 32.6 Å². The van der Waals surface area contributed by atoms with Gasteiger partial charge in [-0.1, -0.05) is 26.0 Å². The number of sulfonamides is 1. The summed E-state index contributed by atoms with van der Waals surface area (Å²) in [5, 5.41) is 12.2. The molecule has 1 aliphatic carbocycles. The van der Waals surface area contributed by atoms with Crippen LogP contribution in [0.1, 0.15) is 45.1 Å². The first kappa shape index (κ1) is 23.1. The second-order valence-corrected chi connectivity index (χ2v) is 9.77. The van der Waals surface area contributed by atoms with Crippen molar-refractivity contribution in [1.82, 2.24) is 0 Å². The van der Waals surface area contributed by atoms with Gasteiger partial charge in [-0.3, -0.25) is 9.52 Å². The maximum atomic E-state index is 13.1. The van der Waals surface area contributed by atoms with Gasteiger partial charge < -0.3 is 15.2 Å². The maximum Gasteiger partial charge on any atom is 0.265 e. The zero-order valence-corrected chi connectivity index (χ0v) is 18.9. The zero-order chi connectivity index (χ0) is 22.6. The second-order valence-electron chi connectivity index (χ2n) is 8.12. The predicted octanol–water partition coefficient (Wildman–Crippen LogP) is 3.97. The predicted molar refractivity (Wildman–Crippen MR) is 121 cm³/mol. The Morgan fingerprint density at radius 1 is 1.16 bits per heavy atom. The molecule has 0 radical (unpaired) electrons. The number of hydrogen-bond donors (Lipinski definition) is 3. The number of aliphatic hydroxyl groups is 1. The van der Waals surface area contributed by atoms with Crippen molar-refractivity contribution in [3.8, 4) is 5.75 Å². The van der Waals surface area contributed by atoms with E-state index in [1.165, 1.54) is 18.2 Å². The fraction of sp³-hybridized carbons (Fsp3) is 0.435. The summed E-state index contributed by atoms with van der Waals surface area (Å²) in [7, 11) is -3.90. The van der Waals surface area contributed by atoms with E-state index in [4.69, 9.17) is 4.74 Å².